The van der Waals surface area contributed by atoms with Gasteiger partial charge in [-0.2, -0.15) is 16.8 Å². The fourth-order valence-corrected chi connectivity index (χ4v) is 5.67. The first-order valence-corrected chi connectivity index (χ1v) is 12.7. The lowest BCUT2D eigenvalue weighted by molar-refractivity contribution is -0.170. The molecule has 2 aromatic carbocycles. The van der Waals surface area contributed by atoms with E-state index in [1.165, 1.54) is 31.4 Å². The zero-order valence-corrected chi connectivity index (χ0v) is 19.5. The summed E-state index contributed by atoms with van der Waals surface area (Å²) < 4.78 is 77.2. The number of aryl methyl sites for hydroxylation is 2. The van der Waals surface area contributed by atoms with Crippen LogP contribution in [0.3, 0.4) is 0 Å². The van der Waals surface area contributed by atoms with Crippen molar-refractivity contribution in [3.8, 4) is 0 Å². The van der Waals surface area contributed by atoms with Gasteiger partial charge < -0.3 is 14.2 Å². The average Bonchev–Trinajstić information content (AvgIpc) is 3.24. The second-order valence-corrected chi connectivity index (χ2v) is 10.9. The lowest BCUT2D eigenvalue weighted by Gasteiger charge is -2.20. The normalized spacial score (nSPS) is 27.4. The van der Waals surface area contributed by atoms with Gasteiger partial charge in [-0.25, -0.2) is 8.98 Å². The third-order valence-electron chi connectivity index (χ3n) is 5.31. The Balaban J connectivity index is 1.56. The second-order valence-electron chi connectivity index (χ2n) is 7.72. The molecule has 33 heavy (non-hydrogen) atoms. The fraction of sp³-hybridized carbons (Fsp3) is 0.381. The molecule has 2 heterocycles. The van der Waals surface area contributed by atoms with E-state index in [9.17, 15) is 21.6 Å². The van der Waals surface area contributed by atoms with E-state index in [0.717, 1.165) is 11.1 Å². The third-order valence-corrected chi connectivity index (χ3v) is 7.95. The van der Waals surface area contributed by atoms with E-state index in [4.69, 9.17) is 22.6 Å². The van der Waals surface area contributed by atoms with Crippen LogP contribution in [0.1, 0.15) is 11.1 Å². The maximum atomic E-state index is 12.8. The molecule has 12 heteroatoms. The van der Waals surface area contributed by atoms with Gasteiger partial charge in [0.1, 0.15) is 6.10 Å². The number of benzene rings is 2. The van der Waals surface area contributed by atoms with Gasteiger partial charge >= 0.3 is 5.97 Å². The van der Waals surface area contributed by atoms with Crippen LogP contribution in [0.15, 0.2) is 58.3 Å². The summed E-state index contributed by atoms with van der Waals surface area (Å²) in [5.74, 6) is -1.02. The molecule has 5 atom stereocenters. The van der Waals surface area contributed by atoms with E-state index >= 15 is 0 Å². The predicted octanol–water partition coefficient (Wildman–Crippen LogP) is 1.45. The van der Waals surface area contributed by atoms with Crippen LogP contribution in [-0.4, -0.2) is 60.6 Å². The Bertz CT molecular complexity index is 1240. The highest BCUT2D eigenvalue weighted by atomic mass is 32.2. The Kier molecular flexibility index (Phi) is 6.33. The Morgan fingerprint density at radius 3 is 1.73 bits per heavy atom. The molecule has 0 radical (unpaired) electrons. The minimum atomic E-state index is -4.34. The van der Waals surface area contributed by atoms with E-state index in [1.807, 2.05) is 0 Å². The summed E-state index contributed by atoms with van der Waals surface area (Å²) in [7, 11) is -7.36. The second kappa shape index (κ2) is 8.78. The number of hydrogen-bond donors (Lipinski definition) is 0. The molecular formula is C21H22O10S2. The quantitative estimate of drug-likeness (QED) is 0.408. The van der Waals surface area contributed by atoms with Crippen LogP contribution < -0.4 is 0 Å². The molecule has 5 unspecified atom stereocenters. The third kappa shape index (κ3) is 4.67. The van der Waals surface area contributed by atoms with Crippen molar-refractivity contribution in [2.45, 2.75) is 54.3 Å². The monoisotopic (exact) mass is 498 g/mol. The minimum Gasteiger partial charge on any atom is -0.454 e. The van der Waals surface area contributed by atoms with Crippen molar-refractivity contribution in [3.05, 3.63) is 59.7 Å². The number of carbonyl (C=O) groups excluding carboxylic acids is 1. The van der Waals surface area contributed by atoms with Crippen molar-refractivity contribution in [3.63, 3.8) is 0 Å². The summed E-state index contributed by atoms with van der Waals surface area (Å²) in [4.78, 5) is 12.2. The molecule has 2 saturated heterocycles. The predicted molar refractivity (Wildman–Crippen MR) is 112 cm³/mol. The lowest BCUT2D eigenvalue weighted by atomic mass is 10.1. The molecule has 0 spiro atoms. The number of carbonyl (C=O) groups is 1. The highest BCUT2D eigenvalue weighted by molar-refractivity contribution is 7.87. The molecule has 0 N–H and O–H groups in total. The van der Waals surface area contributed by atoms with Gasteiger partial charge in [0.05, 0.1) is 9.79 Å². The molecule has 0 aromatic heterocycles. The Hall–Kier alpha value is -2.35. The molecule has 0 aliphatic carbocycles. The summed E-state index contributed by atoms with van der Waals surface area (Å²) in [6, 6.07) is 11.8. The van der Waals surface area contributed by atoms with Crippen molar-refractivity contribution in [2.75, 3.05) is 7.11 Å². The number of fused-ring (bicyclic) bond motifs is 1. The van der Waals surface area contributed by atoms with Gasteiger partial charge in [-0.15, -0.1) is 0 Å². The molecule has 4 rings (SSSR count). The molecule has 2 aliphatic heterocycles. The first kappa shape index (κ1) is 23.8. The summed E-state index contributed by atoms with van der Waals surface area (Å²) in [5, 5.41) is 0. The summed E-state index contributed by atoms with van der Waals surface area (Å²) in [6.07, 6.45) is -6.80. The largest absolute Gasteiger partial charge is 0.454 e. The number of hydrogen-bond acceptors (Lipinski definition) is 10. The van der Waals surface area contributed by atoms with Gasteiger partial charge in [0, 0.05) is 7.11 Å². The number of rotatable bonds is 7. The Morgan fingerprint density at radius 2 is 1.24 bits per heavy atom. The summed E-state index contributed by atoms with van der Waals surface area (Å²) in [5.41, 5.74) is 1.69. The maximum Gasteiger partial charge on any atom is 0.340 e. The van der Waals surface area contributed by atoms with E-state index in [0.29, 0.717) is 0 Å². The van der Waals surface area contributed by atoms with Crippen molar-refractivity contribution in [1.82, 2.24) is 0 Å². The maximum absolute atomic E-state index is 12.8. The molecule has 178 valence electrons. The van der Waals surface area contributed by atoms with Gasteiger partial charge in [-0.1, -0.05) is 35.4 Å². The van der Waals surface area contributed by atoms with E-state index in [2.05, 4.69) is 0 Å². The summed E-state index contributed by atoms with van der Waals surface area (Å²) >= 11 is 0. The fourth-order valence-electron chi connectivity index (χ4n) is 3.55. The number of ether oxygens (including phenoxy) is 3. The van der Waals surface area contributed by atoms with E-state index in [-0.39, 0.29) is 9.79 Å². The first-order valence-electron chi connectivity index (χ1n) is 9.90. The number of esters is 1. The van der Waals surface area contributed by atoms with Gasteiger partial charge in [0.25, 0.3) is 20.2 Å². The van der Waals surface area contributed by atoms with Crippen LogP contribution in [0, 0.1) is 13.8 Å². The molecule has 10 nitrogen and oxygen atoms in total. The van der Waals surface area contributed by atoms with Crippen LogP contribution >= 0.6 is 0 Å². The zero-order chi connectivity index (χ0) is 24.0. The molecule has 0 saturated carbocycles. The highest BCUT2D eigenvalue weighted by Crippen LogP contribution is 2.38. The van der Waals surface area contributed by atoms with E-state index in [1.54, 1.807) is 38.1 Å². The van der Waals surface area contributed by atoms with Crippen molar-refractivity contribution >= 4 is 26.2 Å². The minimum absolute atomic E-state index is 0.106. The van der Waals surface area contributed by atoms with Crippen LogP contribution in [0.2, 0.25) is 0 Å². The van der Waals surface area contributed by atoms with Crippen LogP contribution in [0.4, 0.5) is 0 Å². The standard InChI is InChI=1S/C21H22O10S2/c1-12-4-8-14(9-5-12)32(23,24)30-18-16-17(28-20(18)22)19(21(27-3)29-16)31-33(25,26)15-10-6-13(2)7-11-15/h4-11,16-19,21H,1-3H3. The summed E-state index contributed by atoms with van der Waals surface area (Å²) in [6.45, 7) is 3.59. The van der Waals surface area contributed by atoms with Gasteiger partial charge in [0.2, 0.25) is 6.10 Å². The van der Waals surface area contributed by atoms with Crippen LogP contribution in [0.5, 0.6) is 0 Å². The number of methoxy groups -OCH3 is 1. The van der Waals surface area contributed by atoms with Crippen LogP contribution in [0.25, 0.3) is 0 Å². The topological polar surface area (TPSA) is 132 Å². The first-order chi connectivity index (χ1) is 15.5. The average molecular weight is 499 g/mol. The van der Waals surface area contributed by atoms with Crippen molar-refractivity contribution in [1.29, 1.82) is 0 Å². The molecule has 2 fully saturated rings. The van der Waals surface area contributed by atoms with Crippen molar-refractivity contribution < 1.29 is 44.2 Å². The molecule has 0 bridgehead atoms. The molecule has 2 aromatic rings. The zero-order valence-electron chi connectivity index (χ0n) is 17.9. The van der Waals surface area contributed by atoms with Crippen molar-refractivity contribution in [2.24, 2.45) is 0 Å². The van der Waals surface area contributed by atoms with Crippen LogP contribution in [-0.2, 0) is 47.6 Å². The smallest absolute Gasteiger partial charge is 0.340 e. The van der Waals surface area contributed by atoms with Gasteiger partial charge in [0.15, 0.2) is 18.5 Å². The molecular weight excluding hydrogens is 476 g/mol. The van der Waals surface area contributed by atoms with E-state index < -0.39 is 56.9 Å². The SMILES string of the molecule is COC1OC2C(OS(=O)(=O)c3ccc(C)cc3)C(=O)OC2C1OS(=O)(=O)c1ccc(C)cc1. The Morgan fingerprint density at radius 1 is 0.758 bits per heavy atom. The molecule has 0 amide bonds. The highest BCUT2D eigenvalue weighted by Gasteiger charge is 2.61. The van der Waals surface area contributed by atoms with Gasteiger partial charge in [-0.05, 0) is 38.1 Å². The lowest BCUT2D eigenvalue weighted by Crippen LogP contribution is -2.38. The Labute approximate surface area is 191 Å². The van der Waals surface area contributed by atoms with Gasteiger partial charge in [-0.3, -0.25) is 4.18 Å². The molecule has 2 aliphatic rings.